The molecule has 1 heterocycles. The fraction of sp³-hybridized carbons (Fsp3) is 0.222. The van der Waals surface area contributed by atoms with E-state index in [-0.39, 0.29) is 5.56 Å². The van der Waals surface area contributed by atoms with Gasteiger partial charge in [-0.15, -0.1) is 0 Å². The molecular formula is C9H9F2N3O2. The molecule has 5 nitrogen and oxygen atoms in total. The average molecular weight is 229 g/mol. The minimum atomic E-state index is -1.12. The highest BCUT2D eigenvalue weighted by Gasteiger charge is 2.34. The van der Waals surface area contributed by atoms with E-state index in [9.17, 15) is 13.6 Å². The van der Waals surface area contributed by atoms with Gasteiger partial charge < -0.3 is 5.11 Å². The molecule has 2 atom stereocenters. The first-order valence-electron chi connectivity index (χ1n) is 4.53. The fourth-order valence-corrected chi connectivity index (χ4v) is 1.60. The monoisotopic (exact) mass is 229 g/mol. The normalized spacial score (nSPS) is 24.6. The van der Waals surface area contributed by atoms with Crippen molar-refractivity contribution in [3.63, 3.8) is 0 Å². The number of hydrazine groups is 2. The van der Waals surface area contributed by atoms with Gasteiger partial charge in [-0.2, -0.15) is 5.53 Å². The third-order valence-electron chi connectivity index (χ3n) is 2.30. The molecule has 0 aliphatic carbocycles. The molecule has 86 valence electrons. The van der Waals surface area contributed by atoms with Crippen LogP contribution in [0, 0.1) is 11.6 Å². The summed E-state index contributed by atoms with van der Waals surface area (Å²) in [6.45, 7) is 0. The van der Waals surface area contributed by atoms with Gasteiger partial charge >= 0.3 is 5.97 Å². The molecule has 1 aliphatic rings. The number of nitrogens with one attached hydrogen (secondary N) is 3. The van der Waals surface area contributed by atoms with Crippen molar-refractivity contribution in [3.8, 4) is 0 Å². The van der Waals surface area contributed by atoms with Gasteiger partial charge in [-0.1, -0.05) is 0 Å². The van der Waals surface area contributed by atoms with Crippen LogP contribution < -0.4 is 16.4 Å². The number of halogens is 2. The van der Waals surface area contributed by atoms with Crippen LogP contribution in [0.3, 0.4) is 0 Å². The molecule has 0 bridgehead atoms. The van der Waals surface area contributed by atoms with Gasteiger partial charge in [-0.05, 0) is 17.7 Å². The zero-order valence-corrected chi connectivity index (χ0v) is 8.00. The van der Waals surface area contributed by atoms with Crippen LogP contribution in [0.1, 0.15) is 11.6 Å². The Morgan fingerprint density at radius 3 is 2.38 bits per heavy atom. The maximum absolute atomic E-state index is 13.0. The fourth-order valence-electron chi connectivity index (χ4n) is 1.60. The summed E-state index contributed by atoms with van der Waals surface area (Å²) >= 11 is 0. The minimum Gasteiger partial charge on any atom is -0.480 e. The van der Waals surface area contributed by atoms with E-state index in [0.29, 0.717) is 0 Å². The zero-order chi connectivity index (χ0) is 11.7. The molecule has 0 radical (unpaired) electrons. The summed E-state index contributed by atoms with van der Waals surface area (Å²) in [5.41, 5.74) is 7.66. The first-order chi connectivity index (χ1) is 7.58. The Morgan fingerprint density at radius 1 is 1.19 bits per heavy atom. The van der Waals surface area contributed by atoms with Crippen molar-refractivity contribution in [1.82, 2.24) is 16.4 Å². The Bertz CT molecular complexity index is 407. The van der Waals surface area contributed by atoms with E-state index in [1.807, 2.05) is 0 Å². The van der Waals surface area contributed by atoms with Crippen LogP contribution >= 0.6 is 0 Å². The lowest BCUT2D eigenvalue weighted by atomic mass is 10.0. The van der Waals surface area contributed by atoms with E-state index in [4.69, 9.17) is 5.11 Å². The molecule has 1 aromatic rings. The Morgan fingerprint density at radius 2 is 1.81 bits per heavy atom. The van der Waals surface area contributed by atoms with E-state index < -0.39 is 29.7 Å². The van der Waals surface area contributed by atoms with Gasteiger partial charge in [-0.25, -0.2) is 19.6 Å². The summed E-state index contributed by atoms with van der Waals surface area (Å²) in [7, 11) is 0. The summed E-state index contributed by atoms with van der Waals surface area (Å²) in [5, 5.41) is 8.85. The first-order valence-corrected chi connectivity index (χ1v) is 4.53. The standard InChI is InChI=1S/C9H9F2N3O2/c10-5-1-4(2-6(11)3-5)7-8(9(15)16)13-14-12-7/h1-3,7-8,12-14H,(H,15,16). The molecule has 0 saturated carbocycles. The largest absolute Gasteiger partial charge is 0.480 e. The van der Waals surface area contributed by atoms with Crippen molar-refractivity contribution in [2.24, 2.45) is 0 Å². The van der Waals surface area contributed by atoms with Crippen molar-refractivity contribution >= 4 is 5.97 Å². The molecule has 1 aliphatic heterocycles. The summed E-state index contributed by atoms with van der Waals surface area (Å²) in [6.07, 6.45) is 0. The van der Waals surface area contributed by atoms with E-state index in [2.05, 4.69) is 16.4 Å². The van der Waals surface area contributed by atoms with Crippen LogP contribution in [0.15, 0.2) is 18.2 Å². The van der Waals surface area contributed by atoms with E-state index in [1.165, 1.54) is 0 Å². The minimum absolute atomic E-state index is 0.224. The van der Waals surface area contributed by atoms with Crippen LogP contribution in [0.2, 0.25) is 0 Å². The van der Waals surface area contributed by atoms with Crippen molar-refractivity contribution < 1.29 is 18.7 Å². The second-order valence-corrected chi connectivity index (χ2v) is 3.41. The molecule has 1 aromatic carbocycles. The molecule has 7 heteroatoms. The smallest absolute Gasteiger partial charge is 0.324 e. The lowest BCUT2D eigenvalue weighted by Gasteiger charge is -2.14. The highest BCUT2D eigenvalue weighted by atomic mass is 19.1. The highest BCUT2D eigenvalue weighted by Crippen LogP contribution is 2.21. The van der Waals surface area contributed by atoms with Gasteiger partial charge in [-0.3, -0.25) is 4.79 Å². The Labute approximate surface area is 89.4 Å². The summed E-state index contributed by atoms with van der Waals surface area (Å²) in [5.74, 6) is -2.60. The van der Waals surface area contributed by atoms with Crippen molar-refractivity contribution in [3.05, 3.63) is 35.4 Å². The molecular weight excluding hydrogens is 220 g/mol. The summed E-state index contributed by atoms with van der Waals surface area (Å²) in [4.78, 5) is 10.8. The predicted molar refractivity (Wildman–Crippen MR) is 49.9 cm³/mol. The topological polar surface area (TPSA) is 73.4 Å². The quantitative estimate of drug-likeness (QED) is 0.577. The molecule has 0 spiro atoms. The van der Waals surface area contributed by atoms with Gasteiger partial charge in [0.1, 0.15) is 17.7 Å². The van der Waals surface area contributed by atoms with Gasteiger partial charge in [0.05, 0.1) is 6.04 Å². The Balaban J connectivity index is 2.32. The van der Waals surface area contributed by atoms with Gasteiger partial charge in [0.25, 0.3) is 0 Å². The first kappa shape index (κ1) is 10.9. The molecule has 0 aromatic heterocycles. The number of hydrogen-bond acceptors (Lipinski definition) is 4. The number of carboxylic acid groups (broad SMARTS) is 1. The lowest BCUT2D eigenvalue weighted by molar-refractivity contribution is -0.139. The second kappa shape index (κ2) is 4.12. The molecule has 1 saturated heterocycles. The number of carbonyl (C=O) groups is 1. The maximum atomic E-state index is 13.0. The third-order valence-corrected chi connectivity index (χ3v) is 2.30. The van der Waals surface area contributed by atoms with Crippen LogP contribution in [0.4, 0.5) is 8.78 Å². The molecule has 0 amide bonds. The van der Waals surface area contributed by atoms with Crippen LogP contribution in [-0.4, -0.2) is 17.1 Å². The number of aliphatic carboxylic acids is 1. The lowest BCUT2D eigenvalue weighted by Crippen LogP contribution is -2.38. The van der Waals surface area contributed by atoms with E-state index >= 15 is 0 Å². The van der Waals surface area contributed by atoms with Gasteiger partial charge in [0.2, 0.25) is 0 Å². The summed E-state index contributed by atoms with van der Waals surface area (Å²) < 4.78 is 25.9. The molecule has 2 unspecified atom stereocenters. The molecule has 2 rings (SSSR count). The van der Waals surface area contributed by atoms with E-state index in [1.54, 1.807) is 0 Å². The van der Waals surface area contributed by atoms with Crippen LogP contribution in [-0.2, 0) is 4.79 Å². The van der Waals surface area contributed by atoms with E-state index in [0.717, 1.165) is 18.2 Å². The van der Waals surface area contributed by atoms with Gasteiger partial charge in [0, 0.05) is 6.07 Å². The Hall–Kier alpha value is -1.57. The SMILES string of the molecule is O=C(O)C1NNNC1c1cc(F)cc(F)c1. The van der Waals surface area contributed by atoms with Crippen LogP contribution in [0.5, 0.6) is 0 Å². The third kappa shape index (κ3) is 2.01. The highest BCUT2D eigenvalue weighted by molar-refractivity contribution is 5.75. The number of hydrogen-bond donors (Lipinski definition) is 4. The average Bonchev–Trinajstić information content (AvgIpc) is 2.63. The maximum Gasteiger partial charge on any atom is 0.324 e. The van der Waals surface area contributed by atoms with Crippen molar-refractivity contribution in [2.45, 2.75) is 12.1 Å². The predicted octanol–water partition coefficient (Wildman–Crippen LogP) is 0.0715. The van der Waals surface area contributed by atoms with Crippen molar-refractivity contribution in [1.29, 1.82) is 0 Å². The number of carboxylic acids is 1. The molecule has 1 fully saturated rings. The number of benzene rings is 1. The summed E-state index contributed by atoms with van der Waals surface area (Å²) in [6, 6.07) is 1.19. The zero-order valence-electron chi connectivity index (χ0n) is 8.00. The van der Waals surface area contributed by atoms with Crippen molar-refractivity contribution in [2.75, 3.05) is 0 Å². The number of rotatable bonds is 2. The molecule has 4 N–H and O–H groups in total. The second-order valence-electron chi connectivity index (χ2n) is 3.41. The van der Waals surface area contributed by atoms with Gasteiger partial charge in [0.15, 0.2) is 0 Å². The molecule has 16 heavy (non-hydrogen) atoms. The Kier molecular flexibility index (Phi) is 2.82. The van der Waals surface area contributed by atoms with Crippen LogP contribution in [0.25, 0.3) is 0 Å².